The molecule has 0 aliphatic carbocycles. The van der Waals surface area contributed by atoms with Crippen molar-refractivity contribution in [2.75, 3.05) is 0 Å². The van der Waals surface area contributed by atoms with Gasteiger partial charge in [-0.2, -0.15) is 8.78 Å². The van der Waals surface area contributed by atoms with E-state index in [0.717, 1.165) is 30.3 Å². The normalized spacial score (nSPS) is 22.2. The number of hydrogen-bond donors (Lipinski definition) is 2. The molecule has 2 aromatic rings. The zero-order valence-electron chi connectivity index (χ0n) is 21.2. The summed E-state index contributed by atoms with van der Waals surface area (Å²) in [5.74, 6) is -8.59. The smallest absolute Gasteiger partial charge is 0.346 e. The first-order valence-corrected chi connectivity index (χ1v) is 9.81. The number of hydrogen-bond acceptors (Lipinski definition) is 4. The molecule has 32 heavy (non-hydrogen) atoms. The van der Waals surface area contributed by atoms with Crippen LogP contribution in [0.5, 0.6) is 0 Å². The molecule has 0 saturated carbocycles. The summed E-state index contributed by atoms with van der Waals surface area (Å²) in [6.07, 6.45) is -0.306. The first kappa shape index (κ1) is 16.3. The number of rotatable bonds is 5. The third-order valence-electron chi connectivity index (χ3n) is 5.00. The van der Waals surface area contributed by atoms with Crippen molar-refractivity contribution in [2.45, 2.75) is 37.8 Å². The number of halogens is 3. The lowest BCUT2D eigenvalue weighted by Crippen LogP contribution is -2.52. The molecule has 2 N–H and O–H groups in total. The Morgan fingerprint density at radius 1 is 1.31 bits per heavy atom. The average molecular weight is 467 g/mol. The topological polar surface area (TPSA) is 95.6 Å². The summed E-state index contributed by atoms with van der Waals surface area (Å²) in [5.41, 5.74) is -1.97. The van der Waals surface area contributed by atoms with Crippen LogP contribution in [0, 0.1) is 0 Å². The highest BCUT2D eigenvalue weighted by atomic mass is 35.5. The monoisotopic (exact) mass is 466 g/mol. The predicted molar refractivity (Wildman–Crippen MR) is 110 cm³/mol. The quantitative estimate of drug-likeness (QED) is 0.662. The third-order valence-corrected chi connectivity index (χ3v) is 5.25. The number of nitrogens with zero attached hydrogens (tertiary/aromatic N) is 1. The molecule has 4 rings (SSSR count). The number of amides is 4. The van der Waals surface area contributed by atoms with Crippen LogP contribution in [0.25, 0.3) is 0 Å². The Morgan fingerprint density at radius 2 is 2.03 bits per heavy atom. The summed E-state index contributed by atoms with van der Waals surface area (Å²) in [7, 11) is 0. The number of piperidine rings is 1. The van der Waals surface area contributed by atoms with Crippen LogP contribution in [0.4, 0.5) is 8.78 Å². The van der Waals surface area contributed by atoms with Crippen molar-refractivity contribution < 1.29 is 34.9 Å². The first-order chi connectivity index (χ1) is 17.2. The molecule has 7 nitrogen and oxygen atoms in total. The second kappa shape index (κ2) is 8.31. The lowest BCUT2D eigenvalue weighted by molar-refractivity contribution is -0.147. The zero-order chi connectivity index (χ0) is 27.4. The lowest BCUT2D eigenvalue weighted by atomic mass is 10.0. The van der Waals surface area contributed by atoms with Crippen molar-refractivity contribution in [1.82, 2.24) is 15.5 Å². The van der Waals surface area contributed by atoms with Crippen LogP contribution in [0.15, 0.2) is 42.4 Å². The number of nitrogens with one attached hydrogen (secondary N) is 2. The van der Waals surface area contributed by atoms with Crippen LogP contribution >= 0.6 is 11.6 Å². The fraction of sp³-hybridized carbons (Fsp3) is 0.273. The van der Waals surface area contributed by atoms with E-state index in [1.807, 2.05) is 5.32 Å². The Labute approximate surface area is 193 Å². The number of fused-ring (bicyclic) bond motifs is 1. The molecule has 2 aliphatic heterocycles. The molecule has 0 spiro atoms. The summed E-state index contributed by atoms with van der Waals surface area (Å²) in [5, 5.41) is 2.07. The van der Waals surface area contributed by atoms with Gasteiger partial charge in [0.15, 0.2) is 1.41 Å². The van der Waals surface area contributed by atoms with Gasteiger partial charge in [0.1, 0.15) is 6.04 Å². The lowest BCUT2D eigenvalue weighted by Gasteiger charge is -2.29. The number of alkyl halides is 2. The van der Waals surface area contributed by atoms with Crippen molar-refractivity contribution in [2.24, 2.45) is 0 Å². The first-order valence-electron chi connectivity index (χ1n) is 11.9. The standard InChI is InChI=1S/C22H18ClF2N3O4/c23-15-4-2-14(3-5-15)22(24,25)21(32)26-10-12-1-6-16-13(9-12)11-28(20(16)31)17-7-8-18(29)27-19(17)30/h1-6,9,17H,7-8,10-11H2,(H,26,32)(H,27,29,30)/i1D,6D,11D2/hD. The van der Waals surface area contributed by atoms with Crippen molar-refractivity contribution in [3.63, 3.8) is 0 Å². The number of benzene rings is 2. The van der Waals surface area contributed by atoms with Crippen molar-refractivity contribution in [3.05, 3.63) is 69.7 Å². The van der Waals surface area contributed by atoms with Gasteiger partial charge in [-0.05, 0) is 35.7 Å². The fourth-order valence-corrected chi connectivity index (χ4v) is 3.45. The van der Waals surface area contributed by atoms with E-state index in [1.54, 1.807) is 0 Å². The van der Waals surface area contributed by atoms with Crippen LogP contribution in [0.1, 0.15) is 45.4 Å². The van der Waals surface area contributed by atoms with Crippen LogP contribution in [-0.2, 0) is 33.3 Å². The predicted octanol–water partition coefficient (Wildman–Crippen LogP) is 2.51. The Bertz CT molecular complexity index is 1340. The highest BCUT2D eigenvalue weighted by Crippen LogP contribution is 2.30. The van der Waals surface area contributed by atoms with Gasteiger partial charge in [-0.1, -0.05) is 35.8 Å². The van der Waals surface area contributed by atoms with Crippen molar-refractivity contribution in [1.29, 1.82) is 0 Å². The summed E-state index contributed by atoms with van der Waals surface area (Å²) >= 11 is 5.69. The molecule has 2 aliphatic rings. The number of imide groups is 1. The van der Waals surface area contributed by atoms with E-state index in [1.165, 1.54) is 0 Å². The fourth-order valence-electron chi connectivity index (χ4n) is 3.32. The van der Waals surface area contributed by atoms with E-state index in [9.17, 15) is 28.0 Å². The van der Waals surface area contributed by atoms with Gasteiger partial charge < -0.3 is 10.2 Å². The second-order valence-electron chi connectivity index (χ2n) is 7.16. The molecule has 166 valence electrons. The van der Waals surface area contributed by atoms with Crippen LogP contribution in [0.3, 0.4) is 0 Å². The minimum atomic E-state index is -4.12. The molecule has 0 radical (unpaired) electrons. The van der Waals surface area contributed by atoms with Gasteiger partial charge in [0, 0.05) is 35.6 Å². The Balaban J connectivity index is 1.66. The van der Waals surface area contributed by atoms with Gasteiger partial charge >= 0.3 is 5.92 Å². The van der Waals surface area contributed by atoms with Crippen LogP contribution < -0.4 is 10.6 Å². The molecule has 2 heterocycles. The third kappa shape index (κ3) is 4.08. The molecule has 0 bridgehead atoms. The van der Waals surface area contributed by atoms with Gasteiger partial charge in [-0.3, -0.25) is 24.5 Å². The van der Waals surface area contributed by atoms with E-state index in [-0.39, 0.29) is 28.7 Å². The van der Waals surface area contributed by atoms with E-state index in [4.69, 9.17) is 18.5 Å². The summed E-state index contributed by atoms with van der Waals surface area (Å²) in [4.78, 5) is 49.9. The molecule has 1 fully saturated rings. The molecular formula is C22H18ClF2N3O4. The maximum absolute atomic E-state index is 14.7. The largest absolute Gasteiger partial charge is 0.349 e. The summed E-state index contributed by atoms with van der Waals surface area (Å²) in [6.45, 7) is -3.58. The SMILES string of the molecule is [2H]c1c(CN([2H])C(=O)C(F)(F)c2ccc(Cl)cc2)cc2c(c1[2H])C(=O)N(C1CCC(=O)NC1=O)C2([2H])[2H]. The molecule has 0 aromatic heterocycles. The van der Waals surface area contributed by atoms with E-state index in [2.05, 4.69) is 0 Å². The number of carbonyl (C=O) groups excluding carboxylic acids is 4. The van der Waals surface area contributed by atoms with Gasteiger partial charge in [-0.25, -0.2) is 0 Å². The highest BCUT2D eigenvalue weighted by Gasteiger charge is 2.41. The zero-order valence-corrected chi connectivity index (χ0v) is 17.0. The second-order valence-corrected chi connectivity index (χ2v) is 7.60. The van der Waals surface area contributed by atoms with Crippen LogP contribution in [-0.4, -0.2) is 34.6 Å². The molecule has 10 heteroatoms. The highest BCUT2D eigenvalue weighted by molar-refractivity contribution is 6.30. The van der Waals surface area contributed by atoms with E-state index >= 15 is 0 Å². The maximum atomic E-state index is 14.7. The minimum absolute atomic E-state index is 0.113. The maximum Gasteiger partial charge on any atom is 0.349 e. The molecular weight excluding hydrogens is 444 g/mol. The van der Waals surface area contributed by atoms with E-state index in [0.29, 0.717) is 4.90 Å². The molecule has 1 unspecified atom stereocenters. The van der Waals surface area contributed by atoms with Crippen LogP contribution in [0.2, 0.25) is 6.43 Å². The van der Waals surface area contributed by atoms with Gasteiger partial charge in [0.25, 0.3) is 11.8 Å². The van der Waals surface area contributed by atoms with Gasteiger partial charge in [0.05, 0.1) is 5.48 Å². The summed E-state index contributed by atoms with van der Waals surface area (Å²) < 4.78 is 70.8. The number of carbonyl (C=O) groups is 4. The Hall–Kier alpha value is -3.33. The van der Waals surface area contributed by atoms with Crippen molar-refractivity contribution in [3.8, 4) is 0 Å². The van der Waals surface area contributed by atoms with E-state index < -0.39 is 77.4 Å². The molecule has 1 atom stereocenters. The van der Waals surface area contributed by atoms with Gasteiger partial charge in [-0.15, -0.1) is 0 Å². The van der Waals surface area contributed by atoms with Crippen molar-refractivity contribution >= 4 is 35.2 Å². The van der Waals surface area contributed by atoms with Gasteiger partial charge in [0.2, 0.25) is 11.8 Å². The molecule has 1 saturated heterocycles. The Morgan fingerprint density at radius 3 is 2.72 bits per heavy atom. The summed E-state index contributed by atoms with van der Waals surface area (Å²) in [6, 6.07) is 2.31. The Kier molecular flexibility index (Phi) is 4.24. The average Bonchev–Trinajstić information content (AvgIpc) is 3.02. The molecule has 2 aromatic carbocycles. The molecule has 4 amide bonds. The minimum Gasteiger partial charge on any atom is -0.346 e.